The van der Waals surface area contributed by atoms with Crippen LogP contribution in [0.4, 0.5) is 5.00 Å². The average Bonchev–Trinajstić information content (AvgIpc) is 2.81. The van der Waals surface area contributed by atoms with Gasteiger partial charge in [-0.3, -0.25) is 9.59 Å². The van der Waals surface area contributed by atoms with Gasteiger partial charge in [0.15, 0.2) is 0 Å². The summed E-state index contributed by atoms with van der Waals surface area (Å²) in [6.45, 7) is 3.51. The molecule has 8 heteroatoms. The van der Waals surface area contributed by atoms with Crippen LogP contribution in [0.5, 0.6) is 0 Å². The predicted molar refractivity (Wildman–Crippen MR) is 82.8 cm³/mol. The summed E-state index contributed by atoms with van der Waals surface area (Å²) < 4.78 is 10.1. The summed E-state index contributed by atoms with van der Waals surface area (Å²) in [5, 5.41) is 2.63. The quantitative estimate of drug-likeness (QED) is 0.738. The Labute approximate surface area is 132 Å². The van der Waals surface area contributed by atoms with Gasteiger partial charge in [-0.1, -0.05) is 6.92 Å². The summed E-state index contributed by atoms with van der Waals surface area (Å²) >= 11 is 0.966. The van der Waals surface area contributed by atoms with Gasteiger partial charge in [-0.25, -0.2) is 4.79 Å². The van der Waals surface area contributed by atoms with Gasteiger partial charge in [0.25, 0.3) is 5.91 Å². The van der Waals surface area contributed by atoms with Crippen LogP contribution in [0.15, 0.2) is 0 Å². The van der Waals surface area contributed by atoms with Crippen LogP contribution < -0.4 is 11.1 Å². The number of nitrogen functional groups attached to an aromatic ring is 1. The van der Waals surface area contributed by atoms with E-state index in [-0.39, 0.29) is 40.6 Å². The number of anilines is 1. The second-order valence-corrected chi connectivity index (χ2v) is 5.41. The Morgan fingerprint density at radius 2 is 1.91 bits per heavy atom. The van der Waals surface area contributed by atoms with Gasteiger partial charge in [-0.2, -0.15) is 0 Å². The summed E-state index contributed by atoms with van der Waals surface area (Å²) in [6, 6.07) is 0. The minimum absolute atomic E-state index is 0.0924. The molecule has 0 spiro atoms. The molecule has 1 aromatic rings. The molecule has 0 radical (unpaired) electrons. The zero-order valence-electron chi connectivity index (χ0n) is 12.9. The normalized spacial score (nSPS) is 10.1. The summed E-state index contributed by atoms with van der Waals surface area (Å²) in [5.74, 6) is -1.42. The van der Waals surface area contributed by atoms with Crippen LogP contribution in [-0.4, -0.2) is 31.5 Å². The van der Waals surface area contributed by atoms with Crippen LogP contribution in [0.25, 0.3) is 0 Å². The van der Waals surface area contributed by atoms with Gasteiger partial charge in [0.05, 0.1) is 6.61 Å². The van der Waals surface area contributed by atoms with Crippen LogP contribution in [-0.2, 0) is 20.9 Å². The molecule has 1 aromatic heterocycles. The van der Waals surface area contributed by atoms with E-state index in [1.807, 2.05) is 6.92 Å². The minimum atomic E-state index is -0.632. The Balaban J connectivity index is 3.14. The number of ether oxygens (including phenoxy) is 2. The zero-order valence-corrected chi connectivity index (χ0v) is 13.7. The molecule has 0 atom stereocenters. The Kier molecular flexibility index (Phi) is 6.84. The molecule has 1 rings (SSSR count). The van der Waals surface area contributed by atoms with E-state index < -0.39 is 17.8 Å². The molecule has 0 saturated carbocycles. The van der Waals surface area contributed by atoms with Crippen molar-refractivity contribution in [3.8, 4) is 0 Å². The van der Waals surface area contributed by atoms with E-state index in [9.17, 15) is 14.4 Å². The highest BCUT2D eigenvalue weighted by molar-refractivity contribution is 7.18. The molecule has 0 aliphatic carbocycles. The van der Waals surface area contributed by atoms with E-state index >= 15 is 0 Å². The smallest absolute Gasteiger partial charge is 0.341 e. The number of amides is 1. The maximum Gasteiger partial charge on any atom is 0.341 e. The zero-order chi connectivity index (χ0) is 16.7. The molecule has 0 fully saturated rings. The predicted octanol–water partition coefficient (Wildman–Crippen LogP) is 1.71. The number of hydrogen-bond donors (Lipinski definition) is 2. The lowest BCUT2D eigenvalue weighted by Crippen LogP contribution is -2.19. The monoisotopic (exact) mass is 328 g/mol. The average molecular weight is 328 g/mol. The molecular formula is C14H20N2O5S. The lowest BCUT2D eigenvalue weighted by molar-refractivity contribution is -0.145. The van der Waals surface area contributed by atoms with Crippen molar-refractivity contribution < 1.29 is 23.9 Å². The first-order valence-electron chi connectivity index (χ1n) is 6.92. The van der Waals surface area contributed by atoms with E-state index in [0.29, 0.717) is 6.42 Å². The summed E-state index contributed by atoms with van der Waals surface area (Å²) in [4.78, 5) is 35.7. The Hall–Kier alpha value is -2.09. The third kappa shape index (κ3) is 4.20. The summed E-state index contributed by atoms with van der Waals surface area (Å²) in [6.07, 6.45) is 0.918. The standard InChI is InChI=1S/C14H20N2O5S/c1-4-6-9(17)21-7-8-10(14(19)20-5-2)12(15)22-11(8)13(18)16-3/h4-7,15H2,1-3H3,(H,16,18). The highest BCUT2D eigenvalue weighted by atomic mass is 32.1. The van der Waals surface area contributed by atoms with E-state index in [1.54, 1.807) is 6.92 Å². The summed E-state index contributed by atoms with van der Waals surface area (Å²) in [7, 11) is 1.47. The second-order valence-electron chi connectivity index (χ2n) is 4.36. The fourth-order valence-corrected chi connectivity index (χ4v) is 2.78. The van der Waals surface area contributed by atoms with Crippen LogP contribution in [0.2, 0.25) is 0 Å². The van der Waals surface area contributed by atoms with Crippen molar-refractivity contribution in [2.24, 2.45) is 0 Å². The van der Waals surface area contributed by atoms with Crippen molar-refractivity contribution in [2.75, 3.05) is 19.4 Å². The first-order valence-corrected chi connectivity index (χ1v) is 7.73. The number of nitrogens with one attached hydrogen (secondary N) is 1. The maximum absolute atomic E-state index is 12.0. The minimum Gasteiger partial charge on any atom is -0.462 e. The van der Waals surface area contributed by atoms with E-state index in [2.05, 4.69) is 5.32 Å². The molecule has 3 N–H and O–H groups in total. The molecule has 0 unspecified atom stereocenters. The SMILES string of the molecule is CCCC(=O)OCc1c(C(=O)NC)sc(N)c1C(=O)OCC. The van der Waals surface area contributed by atoms with Crippen LogP contribution in [0.3, 0.4) is 0 Å². The number of carbonyl (C=O) groups excluding carboxylic acids is 3. The van der Waals surface area contributed by atoms with Crippen molar-refractivity contribution >= 4 is 34.2 Å². The number of esters is 2. The number of rotatable bonds is 7. The van der Waals surface area contributed by atoms with Crippen molar-refractivity contribution in [3.05, 3.63) is 16.0 Å². The number of hydrogen-bond acceptors (Lipinski definition) is 7. The van der Waals surface area contributed by atoms with Gasteiger partial charge in [0.1, 0.15) is 22.0 Å². The molecule has 1 amide bonds. The number of thiophene rings is 1. The molecule has 7 nitrogen and oxygen atoms in total. The molecular weight excluding hydrogens is 308 g/mol. The Morgan fingerprint density at radius 3 is 2.45 bits per heavy atom. The summed E-state index contributed by atoms with van der Waals surface area (Å²) in [5.41, 5.74) is 6.20. The molecule has 22 heavy (non-hydrogen) atoms. The third-order valence-electron chi connectivity index (χ3n) is 2.78. The molecule has 122 valence electrons. The largest absolute Gasteiger partial charge is 0.462 e. The van der Waals surface area contributed by atoms with Gasteiger partial charge < -0.3 is 20.5 Å². The van der Waals surface area contributed by atoms with Gasteiger partial charge in [-0.05, 0) is 13.3 Å². The molecule has 0 aliphatic heterocycles. The lowest BCUT2D eigenvalue weighted by atomic mass is 10.1. The van der Waals surface area contributed by atoms with Crippen molar-refractivity contribution in [2.45, 2.75) is 33.3 Å². The molecule has 0 aliphatic rings. The fourth-order valence-electron chi connectivity index (χ4n) is 1.78. The fraction of sp³-hybridized carbons (Fsp3) is 0.500. The van der Waals surface area contributed by atoms with Crippen molar-refractivity contribution in [3.63, 3.8) is 0 Å². The van der Waals surface area contributed by atoms with Crippen LogP contribution >= 0.6 is 11.3 Å². The lowest BCUT2D eigenvalue weighted by Gasteiger charge is -2.08. The van der Waals surface area contributed by atoms with Gasteiger partial charge >= 0.3 is 11.9 Å². The van der Waals surface area contributed by atoms with Gasteiger partial charge in [-0.15, -0.1) is 11.3 Å². The van der Waals surface area contributed by atoms with Crippen molar-refractivity contribution in [1.82, 2.24) is 5.32 Å². The van der Waals surface area contributed by atoms with E-state index in [0.717, 1.165) is 11.3 Å². The number of nitrogens with two attached hydrogens (primary N) is 1. The molecule has 0 saturated heterocycles. The Morgan fingerprint density at radius 1 is 1.23 bits per heavy atom. The first kappa shape index (κ1) is 18.0. The maximum atomic E-state index is 12.0. The van der Waals surface area contributed by atoms with Gasteiger partial charge in [0, 0.05) is 19.0 Å². The second kappa shape index (κ2) is 8.38. The highest BCUT2D eigenvalue weighted by Crippen LogP contribution is 2.32. The van der Waals surface area contributed by atoms with E-state index in [1.165, 1.54) is 7.05 Å². The molecule has 1 heterocycles. The first-order chi connectivity index (χ1) is 10.5. The Bertz CT molecular complexity index is 568. The van der Waals surface area contributed by atoms with Crippen molar-refractivity contribution in [1.29, 1.82) is 0 Å². The number of carbonyl (C=O) groups is 3. The molecule has 0 bridgehead atoms. The van der Waals surface area contributed by atoms with Crippen LogP contribution in [0.1, 0.15) is 52.3 Å². The van der Waals surface area contributed by atoms with E-state index in [4.69, 9.17) is 15.2 Å². The topological polar surface area (TPSA) is 108 Å². The van der Waals surface area contributed by atoms with Crippen LogP contribution in [0, 0.1) is 0 Å². The van der Waals surface area contributed by atoms with Gasteiger partial charge in [0.2, 0.25) is 0 Å². The highest BCUT2D eigenvalue weighted by Gasteiger charge is 2.27. The third-order valence-corrected chi connectivity index (χ3v) is 3.84. The molecule has 0 aromatic carbocycles.